The molecule has 0 spiro atoms. The van der Waals surface area contributed by atoms with Crippen LogP contribution in [-0.2, 0) is 16.4 Å². The van der Waals surface area contributed by atoms with Crippen molar-refractivity contribution in [2.45, 2.75) is 16.6 Å². The number of hydrogen-bond acceptors (Lipinski definition) is 4. The van der Waals surface area contributed by atoms with E-state index in [4.69, 9.17) is 4.74 Å². The van der Waals surface area contributed by atoms with Gasteiger partial charge in [0, 0.05) is 18.9 Å². The Bertz CT molecular complexity index is 885. The Labute approximate surface area is 135 Å². The van der Waals surface area contributed by atoms with E-state index in [1.807, 2.05) is 30.3 Å². The van der Waals surface area contributed by atoms with Crippen LogP contribution in [0.1, 0.15) is 5.56 Å². The van der Waals surface area contributed by atoms with Crippen LogP contribution in [0.3, 0.4) is 0 Å². The quantitative estimate of drug-likeness (QED) is 0.722. The molecule has 0 amide bonds. The number of aromatic nitrogens is 2. The normalized spacial score (nSPS) is 11.3. The first-order chi connectivity index (χ1) is 11.1. The van der Waals surface area contributed by atoms with Crippen molar-refractivity contribution in [2.24, 2.45) is 0 Å². The molecule has 0 aliphatic rings. The van der Waals surface area contributed by atoms with Gasteiger partial charge >= 0.3 is 0 Å². The van der Waals surface area contributed by atoms with Gasteiger partial charge < -0.3 is 9.30 Å². The fraction of sp³-hybridized carbons (Fsp3) is 0.118. The summed E-state index contributed by atoms with van der Waals surface area (Å²) in [5, 5.41) is 0.0338. The number of sulfone groups is 1. The molecule has 0 atom stereocenters. The molecule has 2 aromatic carbocycles. The van der Waals surface area contributed by atoms with Gasteiger partial charge in [-0.05, 0) is 29.8 Å². The van der Waals surface area contributed by atoms with Crippen LogP contribution >= 0.6 is 0 Å². The maximum Gasteiger partial charge on any atom is 0.240 e. The van der Waals surface area contributed by atoms with Crippen molar-refractivity contribution >= 4 is 9.84 Å². The van der Waals surface area contributed by atoms with Crippen molar-refractivity contribution in [1.82, 2.24) is 9.55 Å². The Hall–Kier alpha value is -2.60. The highest BCUT2D eigenvalue weighted by atomic mass is 32.2. The van der Waals surface area contributed by atoms with Crippen molar-refractivity contribution < 1.29 is 13.2 Å². The number of imidazole rings is 1. The monoisotopic (exact) mass is 328 g/mol. The minimum atomic E-state index is -3.68. The van der Waals surface area contributed by atoms with Crippen molar-refractivity contribution in [1.29, 1.82) is 0 Å². The lowest BCUT2D eigenvalue weighted by molar-refractivity contribution is 0.414. The minimum absolute atomic E-state index is 0.0338. The molecular formula is C17H16N2O3S. The lowest BCUT2D eigenvalue weighted by Gasteiger charge is -2.09. The fourth-order valence-corrected chi connectivity index (χ4v) is 3.64. The number of rotatable bonds is 5. The molecule has 1 aromatic heterocycles. The molecule has 6 heteroatoms. The summed E-state index contributed by atoms with van der Waals surface area (Å²) < 4.78 is 32.3. The maximum absolute atomic E-state index is 12.8. The summed E-state index contributed by atoms with van der Waals surface area (Å²) in [5.74, 6) is 0.608. The van der Waals surface area contributed by atoms with E-state index in [9.17, 15) is 8.42 Å². The molecule has 3 rings (SSSR count). The number of ether oxygens (including phenoxy) is 1. The molecule has 1 heterocycles. The summed E-state index contributed by atoms with van der Waals surface area (Å²) in [6, 6.07) is 16.0. The van der Waals surface area contributed by atoms with Gasteiger partial charge in [0.15, 0.2) is 0 Å². The largest absolute Gasteiger partial charge is 0.497 e. The van der Waals surface area contributed by atoms with Gasteiger partial charge in [0.25, 0.3) is 0 Å². The van der Waals surface area contributed by atoms with E-state index in [2.05, 4.69) is 4.98 Å². The van der Waals surface area contributed by atoms with E-state index in [0.29, 0.717) is 12.3 Å². The first kappa shape index (κ1) is 15.3. The molecule has 3 aromatic rings. The lowest BCUT2D eigenvalue weighted by Crippen LogP contribution is -2.11. The highest BCUT2D eigenvalue weighted by molar-refractivity contribution is 7.91. The van der Waals surface area contributed by atoms with Crippen LogP contribution in [0.4, 0.5) is 0 Å². The van der Waals surface area contributed by atoms with Crippen molar-refractivity contribution in [2.75, 3.05) is 7.11 Å². The van der Waals surface area contributed by atoms with Crippen LogP contribution in [0, 0.1) is 0 Å². The minimum Gasteiger partial charge on any atom is -0.497 e. The molecule has 0 N–H and O–H groups in total. The van der Waals surface area contributed by atoms with Gasteiger partial charge in [-0.25, -0.2) is 13.4 Å². The Balaban J connectivity index is 1.96. The summed E-state index contributed by atoms with van der Waals surface area (Å²) in [4.78, 5) is 4.24. The molecule has 0 radical (unpaired) electrons. The van der Waals surface area contributed by atoms with Crippen LogP contribution in [0.5, 0.6) is 5.75 Å². The average Bonchev–Trinajstić information content (AvgIpc) is 3.05. The molecule has 0 saturated carbocycles. The molecular weight excluding hydrogens is 312 g/mol. The van der Waals surface area contributed by atoms with Crippen LogP contribution < -0.4 is 4.74 Å². The third-order valence-corrected chi connectivity index (χ3v) is 5.20. The second-order valence-corrected chi connectivity index (χ2v) is 6.85. The second kappa shape index (κ2) is 6.26. The van der Waals surface area contributed by atoms with Gasteiger partial charge in [-0.3, -0.25) is 0 Å². The second-order valence-electron chi connectivity index (χ2n) is 5.00. The smallest absolute Gasteiger partial charge is 0.240 e. The predicted octanol–water partition coefficient (Wildman–Crippen LogP) is 2.77. The molecule has 0 aliphatic carbocycles. The van der Waals surface area contributed by atoms with E-state index >= 15 is 0 Å². The van der Waals surface area contributed by atoms with E-state index in [1.54, 1.807) is 22.9 Å². The van der Waals surface area contributed by atoms with Gasteiger partial charge in [-0.1, -0.05) is 30.3 Å². The summed E-state index contributed by atoms with van der Waals surface area (Å²) in [7, 11) is -2.14. The Morgan fingerprint density at radius 2 is 1.74 bits per heavy atom. The number of hydrogen-bond donors (Lipinski definition) is 0. The van der Waals surface area contributed by atoms with Crippen LogP contribution in [0.15, 0.2) is 77.0 Å². The predicted molar refractivity (Wildman–Crippen MR) is 86.2 cm³/mol. The van der Waals surface area contributed by atoms with Gasteiger partial charge in [-0.2, -0.15) is 0 Å². The van der Waals surface area contributed by atoms with Crippen molar-refractivity contribution in [3.63, 3.8) is 0 Å². The van der Waals surface area contributed by atoms with E-state index in [1.165, 1.54) is 25.4 Å². The highest BCUT2D eigenvalue weighted by Gasteiger charge is 2.23. The Morgan fingerprint density at radius 1 is 1.04 bits per heavy atom. The van der Waals surface area contributed by atoms with Gasteiger partial charge in [0.1, 0.15) is 5.75 Å². The Morgan fingerprint density at radius 3 is 2.39 bits per heavy atom. The molecule has 118 valence electrons. The average molecular weight is 328 g/mol. The maximum atomic E-state index is 12.8. The third-order valence-electron chi connectivity index (χ3n) is 3.48. The summed E-state index contributed by atoms with van der Waals surface area (Å²) in [5.41, 5.74) is 1.01. The van der Waals surface area contributed by atoms with E-state index < -0.39 is 9.84 Å². The molecule has 5 nitrogen and oxygen atoms in total. The lowest BCUT2D eigenvalue weighted by atomic mass is 10.2. The van der Waals surface area contributed by atoms with E-state index in [-0.39, 0.29) is 10.1 Å². The zero-order chi connectivity index (χ0) is 16.3. The van der Waals surface area contributed by atoms with Crippen molar-refractivity contribution in [3.8, 4) is 5.75 Å². The molecule has 0 bridgehead atoms. The van der Waals surface area contributed by atoms with E-state index in [0.717, 1.165) is 5.56 Å². The molecule has 23 heavy (non-hydrogen) atoms. The molecule has 0 unspecified atom stereocenters. The van der Waals surface area contributed by atoms with Gasteiger partial charge in [-0.15, -0.1) is 0 Å². The zero-order valence-corrected chi connectivity index (χ0v) is 13.4. The molecule has 0 fully saturated rings. The van der Waals surface area contributed by atoms with Gasteiger partial charge in [0.05, 0.1) is 12.0 Å². The first-order valence-corrected chi connectivity index (χ1v) is 8.54. The number of nitrogens with zero attached hydrogens (tertiary/aromatic N) is 2. The number of benzene rings is 2. The zero-order valence-electron chi connectivity index (χ0n) is 12.6. The first-order valence-electron chi connectivity index (χ1n) is 7.05. The fourth-order valence-electron chi connectivity index (χ4n) is 2.30. The molecule has 0 saturated heterocycles. The number of methoxy groups -OCH3 is 1. The summed E-state index contributed by atoms with van der Waals surface area (Å²) >= 11 is 0. The molecule has 0 aliphatic heterocycles. The van der Waals surface area contributed by atoms with Crippen LogP contribution in [0.25, 0.3) is 0 Å². The summed E-state index contributed by atoms with van der Waals surface area (Å²) in [6.45, 7) is 0.450. The van der Waals surface area contributed by atoms with Crippen LogP contribution in [-0.4, -0.2) is 25.1 Å². The summed E-state index contributed by atoms with van der Waals surface area (Å²) in [6.07, 6.45) is 3.17. The highest BCUT2D eigenvalue weighted by Crippen LogP contribution is 2.22. The standard InChI is InChI=1S/C17H16N2O3S/c1-22-15-7-9-16(10-8-15)23(20,21)17-18-11-12-19(17)13-14-5-3-2-4-6-14/h2-12H,13H2,1H3. The SMILES string of the molecule is COc1ccc(S(=O)(=O)c2nccn2Cc2ccccc2)cc1. The topological polar surface area (TPSA) is 61.2 Å². The van der Waals surface area contributed by atoms with Crippen molar-refractivity contribution in [3.05, 3.63) is 72.6 Å². The van der Waals surface area contributed by atoms with Crippen LogP contribution in [0.2, 0.25) is 0 Å². The third kappa shape index (κ3) is 3.12. The Kier molecular flexibility index (Phi) is 4.16. The van der Waals surface area contributed by atoms with Gasteiger partial charge in [0.2, 0.25) is 15.0 Å².